The molecule has 0 spiro atoms. The Bertz CT molecular complexity index is 968. The molecule has 3 aromatic rings. The first-order valence-corrected chi connectivity index (χ1v) is 8.90. The van der Waals surface area contributed by atoms with E-state index in [-0.39, 0.29) is 0 Å². The van der Waals surface area contributed by atoms with Gasteiger partial charge in [-0.2, -0.15) is 5.26 Å². The van der Waals surface area contributed by atoms with E-state index in [9.17, 15) is 5.26 Å². The van der Waals surface area contributed by atoms with E-state index in [0.29, 0.717) is 17.4 Å². The van der Waals surface area contributed by atoms with E-state index >= 15 is 0 Å². The fraction of sp³-hybridized carbons (Fsp3) is 0.286. The molecular weight excluding hydrogens is 322 g/mol. The van der Waals surface area contributed by atoms with Crippen LogP contribution in [0.1, 0.15) is 34.7 Å². The molecule has 130 valence electrons. The summed E-state index contributed by atoms with van der Waals surface area (Å²) in [4.78, 5) is 3.78. The lowest BCUT2D eigenvalue weighted by molar-refractivity contribution is 0.736. The maximum absolute atomic E-state index is 9.54. The van der Waals surface area contributed by atoms with Gasteiger partial charge in [0.1, 0.15) is 6.07 Å². The molecule has 0 aliphatic carbocycles. The van der Waals surface area contributed by atoms with Crippen LogP contribution in [0.5, 0.6) is 0 Å². The monoisotopic (exact) mass is 343 g/mol. The molecule has 1 aliphatic heterocycles. The van der Waals surface area contributed by atoms with Gasteiger partial charge in [-0.15, -0.1) is 15.0 Å². The van der Waals surface area contributed by atoms with E-state index in [1.54, 1.807) is 4.80 Å². The average molecular weight is 343 g/mol. The molecule has 0 radical (unpaired) electrons. The van der Waals surface area contributed by atoms with Crippen molar-refractivity contribution in [1.82, 2.24) is 15.0 Å². The number of rotatable bonds is 3. The Kier molecular flexibility index (Phi) is 4.18. The Morgan fingerprint density at radius 1 is 1.08 bits per heavy atom. The van der Waals surface area contributed by atoms with Crippen molar-refractivity contribution in [3.05, 3.63) is 70.9 Å². The quantitative estimate of drug-likeness (QED) is 0.727. The number of anilines is 1. The zero-order valence-corrected chi connectivity index (χ0v) is 15.1. The minimum atomic E-state index is 0.388. The molecule has 0 saturated carbocycles. The van der Waals surface area contributed by atoms with Crippen LogP contribution >= 0.6 is 0 Å². The van der Waals surface area contributed by atoms with Crippen molar-refractivity contribution < 1.29 is 0 Å². The van der Waals surface area contributed by atoms with Gasteiger partial charge in [0.05, 0.1) is 5.69 Å². The summed E-state index contributed by atoms with van der Waals surface area (Å²) >= 11 is 0. The largest absolute Gasteiger partial charge is 0.352 e. The molecule has 5 nitrogen and oxygen atoms in total. The number of nitriles is 1. The molecule has 1 aliphatic rings. The van der Waals surface area contributed by atoms with Gasteiger partial charge in [-0.05, 0) is 37.5 Å². The lowest BCUT2D eigenvalue weighted by Crippen LogP contribution is -2.20. The van der Waals surface area contributed by atoms with Gasteiger partial charge in [-0.25, -0.2) is 0 Å². The third-order valence-electron chi connectivity index (χ3n) is 5.03. The fourth-order valence-corrected chi connectivity index (χ4v) is 3.67. The van der Waals surface area contributed by atoms with E-state index in [0.717, 1.165) is 30.8 Å². The van der Waals surface area contributed by atoms with Crippen LogP contribution in [0.4, 0.5) is 5.82 Å². The molecule has 1 fully saturated rings. The molecule has 2 heterocycles. The Balaban J connectivity index is 1.63. The number of hydrogen-bond donors (Lipinski definition) is 0. The van der Waals surface area contributed by atoms with Crippen LogP contribution < -0.4 is 4.90 Å². The molecule has 1 saturated heterocycles. The van der Waals surface area contributed by atoms with Crippen molar-refractivity contribution >= 4 is 5.82 Å². The summed E-state index contributed by atoms with van der Waals surface area (Å²) in [6.07, 6.45) is 1.06. The highest BCUT2D eigenvalue weighted by Crippen LogP contribution is 2.31. The van der Waals surface area contributed by atoms with Crippen molar-refractivity contribution in [2.75, 3.05) is 18.0 Å². The molecule has 2 aromatic carbocycles. The van der Waals surface area contributed by atoms with Crippen molar-refractivity contribution in [3.63, 3.8) is 0 Å². The number of aryl methyl sites for hydroxylation is 2. The molecule has 0 amide bonds. The lowest BCUT2D eigenvalue weighted by atomic mass is 9.99. The van der Waals surface area contributed by atoms with Crippen LogP contribution in [0.15, 0.2) is 48.5 Å². The van der Waals surface area contributed by atoms with Crippen LogP contribution in [0.3, 0.4) is 0 Å². The van der Waals surface area contributed by atoms with Crippen LogP contribution in [0.25, 0.3) is 5.69 Å². The maximum Gasteiger partial charge on any atom is 0.207 e. The minimum Gasteiger partial charge on any atom is -0.352 e. The van der Waals surface area contributed by atoms with Gasteiger partial charge in [0.25, 0.3) is 0 Å². The second-order valence-electron chi connectivity index (χ2n) is 6.91. The van der Waals surface area contributed by atoms with Gasteiger partial charge in [-0.1, -0.05) is 48.0 Å². The molecule has 4 rings (SSSR count). The molecule has 26 heavy (non-hydrogen) atoms. The molecule has 0 bridgehead atoms. The molecule has 5 heteroatoms. The summed E-state index contributed by atoms with van der Waals surface area (Å²) in [7, 11) is 0. The van der Waals surface area contributed by atoms with Gasteiger partial charge >= 0.3 is 0 Å². The van der Waals surface area contributed by atoms with Crippen molar-refractivity contribution in [2.24, 2.45) is 0 Å². The molecule has 0 N–H and O–H groups in total. The summed E-state index contributed by atoms with van der Waals surface area (Å²) in [5.41, 5.74) is 4.94. The predicted molar refractivity (Wildman–Crippen MR) is 102 cm³/mol. The Hall–Kier alpha value is -3.13. The van der Waals surface area contributed by atoms with Gasteiger partial charge in [0.2, 0.25) is 5.69 Å². The summed E-state index contributed by atoms with van der Waals surface area (Å²) in [6.45, 7) is 5.86. The van der Waals surface area contributed by atoms with Crippen molar-refractivity contribution in [2.45, 2.75) is 26.2 Å². The van der Waals surface area contributed by atoms with E-state index in [4.69, 9.17) is 0 Å². The zero-order valence-electron chi connectivity index (χ0n) is 15.1. The van der Waals surface area contributed by atoms with Gasteiger partial charge in [-0.3, -0.25) is 0 Å². The first kappa shape index (κ1) is 16.3. The van der Waals surface area contributed by atoms with E-state index < -0.39 is 0 Å². The second-order valence-corrected chi connectivity index (χ2v) is 6.91. The second kappa shape index (κ2) is 6.64. The van der Waals surface area contributed by atoms with Crippen LogP contribution in [-0.2, 0) is 0 Å². The SMILES string of the molecule is Cc1ccc(-n2nc(C#N)c(N3CC[C@H](c4ccccc4)C3)n2)c(C)c1. The van der Waals surface area contributed by atoms with Crippen molar-refractivity contribution in [3.8, 4) is 11.8 Å². The predicted octanol–water partition coefficient (Wildman–Crippen LogP) is 3.75. The topological polar surface area (TPSA) is 57.7 Å². The normalized spacial score (nSPS) is 16.7. The number of nitrogens with zero attached hydrogens (tertiary/aromatic N) is 5. The number of hydrogen-bond acceptors (Lipinski definition) is 4. The highest BCUT2D eigenvalue weighted by Gasteiger charge is 2.28. The third-order valence-corrected chi connectivity index (χ3v) is 5.03. The van der Waals surface area contributed by atoms with E-state index in [1.807, 2.05) is 25.1 Å². The third kappa shape index (κ3) is 2.95. The molecule has 1 atom stereocenters. The Labute approximate surface area is 153 Å². The highest BCUT2D eigenvalue weighted by atomic mass is 15.5. The summed E-state index contributed by atoms with van der Waals surface area (Å²) in [5.74, 6) is 1.15. The first-order chi connectivity index (χ1) is 12.7. The molecular formula is C21H21N5. The van der Waals surface area contributed by atoms with E-state index in [2.05, 4.69) is 58.4 Å². The van der Waals surface area contributed by atoms with Crippen LogP contribution in [-0.4, -0.2) is 28.1 Å². The van der Waals surface area contributed by atoms with Crippen molar-refractivity contribution in [1.29, 1.82) is 5.26 Å². The minimum absolute atomic E-state index is 0.388. The van der Waals surface area contributed by atoms with Gasteiger partial charge in [0.15, 0.2) is 5.82 Å². The van der Waals surface area contributed by atoms with Gasteiger partial charge in [0, 0.05) is 19.0 Å². The standard InChI is InChI=1S/C21H21N5/c1-15-8-9-20(16(2)12-15)26-23-19(13-22)21(24-26)25-11-10-18(14-25)17-6-4-3-5-7-17/h3-9,12,18H,10-11,14H2,1-2H3/t18-/m0/s1. The van der Waals surface area contributed by atoms with Crippen LogP contribution in [0.2, 0.25) is 0 Å². The smallest absolute Gasteiger partial charge is 0.207 e. The Morgan fingerprint density at radius 3 is 2.62 bits per heavy atom. The highest BCUT2D eigenvalue weighted by molar-refractivity contribution is 5.52. The molecule has 1 aromatic heterocycles. The summed E-state index contributed by atoms with van der Waals surface area (Å²) in [6, 6.07) is 18.9. The summed E-state index contributed by atoms with van der Waals surface area (Å²) < 4.78 is 0. The Morgan fingerprint density at radius 2 is 1.88 bits per heavy atom. The lowest BCUT2D eigenvalue weighted by Gasteiger charge is -2.15. The number of aromatic nitrogens is 3. The maximum atomic E-state index is 9.54. The fourth-order valence-electron chi connectivity index (χ4n) is 3.67. The van der Waals surface area contributed by atoms with E-state index in [1.165, 1.54) is 11.1 Å². The molecule has 0 unspecified atom stereocenters. The summed E-state index contributed by atoms with van der Waals surface area (Å²) in [5, 5.41) is 18.6. The zero-order chi connectivity index (χ0) is 18.1. The van der Waals surface area contributed by atoms with Crippen LogP contribution in [0, 0.1) is 25.2 Å². The first-order valence-electron chi connectivity index (χ1n) is 8.90. The van der Waals surface area contributed by atoms with Gasteiger partial charge < -0.3 is 4.90 Å². The average Bonchev–Trinajstić information content (AvgIpc) is 3.29. The number of benzene rings is 2.